The predicted octanol–water partition coefficient (Wildman–Crippen LogP) is 2.66. The summed E-state index contributed by atoms with van der Waals surface area (Å²) in [5, 5.41) is 14.9. The number of methoxy groups -OCH3 is 1. The van der Waals surface area contributed by atoms with Crippen molar-refractivity contribution in [3.8, 4) is 11.8 Å². The second-order valence-electron chi connectivity index (χ2n) is 6.30. The number of likely N-dealkylation sites (N-methyl/N-ethyl adjacent to an activating group) is 1. The van der Waals surface area contributed by atoms with Crippen LogP contribution in [0.3, 0.4) is 0 Å². The molecule has 0 unspecified atom stereocenters. The van der Waals surface area contributed by atoms with E-state index in [0.29, 0.717) is 28.6 Å². The lowest BCUT2D eigenvalue weighted by Crippen LogP contribution is -2.42. The van der Waals surface area contributed by atoms with E-state index in [-0.39, 0.29) is 5.91 Å². The Bertz CT molecular complexity index is 853. The van der Waals surface area contributed by atoms with E-state index in [9.17, 15) is 4.79 Å². The Morgan fingerprint density at radius 3 is 2.77 bits per heavy atom. The van der Waals surface area contributed by atoms with Gasteiger partial charge in [0.15, 0.2) is 5.75 Å². The summed E-state index contributed by atoms with van der Waals surface area (Å²) in [5.41, 5.74) is 1.15. The van der Waals surface area contributed by atoms with Crippen LogP contribution in [0.5, 0.6) is 5.75 Å². The van der Waals surface area contributed by atoms with E-state index in [1.165, 1.54) is 0 Å². The number of carbonyl (C=O) groups is 1. The van der Waals surface area contributed by atoms with E-state index in [2.05, 4.69) is 26.7 Å². The molecule has 1 saturated carbocycles. The molecule has 1 amide bonds. The number of hydrogen-bond acceptors (Lipinski definition) is 6. The van der Waals surface area contributed by atoms with E-state index in [0.717, 1.165) is 25.7 Å². The molecule has 0 aliphatic heterocycles. The zero-order valence-corrected chi connectivity index (χ0v) is 14.9. The van der Waals surface area contributed by atoms with Gasteiger partial charge in [0.25, 0.3) is 0 Å². The number of benzene rings is 1. The van der Waals surface area contributed by atoms with Crippen molar-refractivity contribution in [2.24, 2.45) is 0 Å². The molecule has 1 aromatic heterocycles. The van der Waals surface area contributed by atoms with Gasteiger partial charge in [0.2, 0.25) is 11.9 Å². The SMILES string of the molecule is CNC(=O)C1(c2nc(Nc3cccc(C#N)c3)ncc2OC)CCCC1. The Morgan fingerprint density at radius 1 is 1.35 bits per heavy atom. The highest BCUT2D eigenvalue weighted by Gasteiger charge is 2.45. The highest BCUT2D eigenvalue weighted by molar-refractivity contribution is 5.88. The minimum Gasteiger partial charge on any atom is -0.493 e. The molecule has 7 nitrogen and oxygen atoms in total. The molecule has 7 heteroatoms. The number of nitriles is 1. The molecule has 2 aromatic rings. The van der Waals surface area contributed by atoms with Crippen molar-refractivity contribution in [3.63, 3.8) is 0 Å². The van der Waals surface area contributed by atoms with Crippen molar-refractivity contribution >= 4 is 17.5 Å². The number of aromatic nitrogens is 2. The monoisotopic (exact) mass is 351 g/mol. The Kier molecular flexibility index (Phi) is 5.03. The minimum atomic E-state index is -0.700. The third kappa shape index (κ3) is 3.18. The van der Waals surface area contributed by atoms with Crippen LogP contribution in [0.2, 0.25) is 0 Å². The van der Waals surface area contributed by atoms with Gasteiger partial charge in [-0.1, -0.05) is 18.9 Å². The Labute approximate surface area is 152 Å². The molecule has 0 spiro atoms. The molecule has 1 heterocycles. The Morgan fingerprint density at radius 2 is 2.12 bits per heavy atom. The van der Waals surface area contributed by atoms with Gasteiger partial charge in [0.05, 0.1) is 30.4 Å². The lowest BCUT2D eigenvalue weighted by atomic mass is 9.81. The van der Waals surface area contributed by atoms with E-state index >= 15 is 0 Å². The summed E-state index contributed by atoms with van der Waals surface area (Å²) in [5.74, 6) is 0.822. The first-order valence-electron chi connectivity index (χ1n) is 8.54. The summed E-state index contributed by atoms with van der Waals surface area (Å²) in [4.78, 5) is 21.6. The summed E-state index contributed by atoms with van der Waals surface area (Å²) in [6.45, 7) is 0. The van der Waals surface area contributed by atoms with Crippen LogP contribution in [0, 0.1) is 11.3 Å². The van der Waals surface area contributed by atoms with Crippen LogP contribution in [0.4, 0.5) is 11.6 Å². The number of amides is 1. The number of nitrogens with one attached hydrogen (secondary N) is 2. The fraction of sp³-hybridized carbons (Fsp3) is 0.368. The first-order valence-corrected chi connectivity index (χ1v) is 8.54. The fourth-order valence-electron chi connectivity index (χ4n) is 3.51. The van der Waals surface area contributed by atoms with Crippen LogP contribution in [-0.2, 0) is 10.2 Å². The van der Waals surface area contributed by atoms with Gasteiger partial charge in [-0.15, -0.1) is 0 Å². The molecule has 1 fully saturated rings. The first kappa shape index (κ1) is 17.7. The van der Waals surface area contributed by atoms with Crippen LogP contribution in [-0.4, -0.2) is 30.0 Å². The molecular weight excluding hydrogens is 330 g/mol. The van der Waals surface area contributed by atoms with Gasteiger partial charge in [-0.05, 0) is 31.0 Å². The van der Waals surface area contributed by atoms with E-state index in [4.69, 9.17) is 10.00 Å². The van der Waals surface area contributed by atoms with Crippen molar-refractivity contribution in [2.75, 3.05) is 19.5 Å². The van der Waals surface area contributed by atoms with Crippen molar-refractivity contribution in [3.05, 3.63) is 41.7 Å². The maximum Gasteiger partial charge on any atom is 0.232 e. The molecule has 1 aromatic carbocycles. The molecule has 0 saturated heterocycles. The second kappa shape index (κ2) is 7.40. The van der Waals surface area contributed by atoms with Crippen LogP contribution >= 0.6 is 0 Å². The summed E-state index contributed by atoms with van der Waals surface area (Å²) in [6, 6.07) is 9.17. The minimum absolute atomic E-state index is 0.0515. The summed E-state index contributed by atoms with van der Waals surface area (Å²) in [7, 11) is 3.20. The van der Waals surface area contributed by atoms with Crippen LogP contribution in [0.15, 0.2) is 30.5 Å². The standard InChI is InChI=1S/C19H21N5O2/c1-21-17(25)19(8-3-4-9-19)16-15(26-2)12-22-18(24-16)23-14-7-5-6-13(10-14)11-20/h5-7,10,12H,3-4,8-9H2,1-2H3,(H,21,25)(H,22,23,24). The maximum atomic E-state index is 12.7. The van der Waals surface area contributed by atoms with E-state index in [1.54, 1.807) is 38.6 Å². The topological polar surface area (TPSA) is 99.9 Å². The maximum absolute atomic E-state index is 12.7. The molecule has 2 N–H and O–H groups in total. The van der Waals surface area contributed by atoms with E-state index in [1.807, 2.05) is 6.07 Å². The summed E-state index contributed by atoms with van der Waals surface area (Å²) >= 11 is 0. The summed E-state index contributed by atoms with van der Waals surface area (Å²) in [6.07, 6.45) is 4.97. The lowest BCUT2D eigenvalue weighted by Gasteiger charge is -2.28. The van der Waals surface area contributed by atoms with Gasteiger partial charge >= 0.3 is 0 Å². The highest BCUT2D eigenvalue weighted by Crippen LogP contribution is 2.44. The van der Waals surface area contributed by atoms with Crippen LogP contribution in [0.1, 0.15) is 36.9 Å². The largest absolute Gasteiger partial charge is 0.493 e. The van der Waals surface area contributed by atoms with Gasteiger partial charge in [0.1, 0.15) is 5.69 Å². The van der Waals surface area contributed by atoms with Crippen LogP contribution in [0.25, 0.3) is 0 Å². The average molecular weight is 351 g/mol. The van der Waals surface area contributed by atoms with Gasteiger partial charge in [-0.2, -0.15) is 5.26 Å². The molecule has 0 radical (unpaired) electrons. The fourth-order valence-corrected chi connectivity index (χ4v) is 3.51. The zero-order valence-electron chi connectivity index (χ0n) is 14.9. The number of ether oxygens (including phenoxy) is 1. The number of rotatable bonds is 5. The average Bonchev–Trinajstić information content (AvgIpc) is 3.18. The molecule has 3 rings (SSSR count). The third-order valence-corrected chi connectivity index (χ3v) is 4.80. The smallest absolute Gasteiger partial charge is 0.232 e. The number of hydrogen-bond donors (Lipinski definition) is 2. The normalized spacial score (nSPS) is 15.1. The number of nitrogens with zero attached hydrogens (tertiary/aromatic N) is 3. The van der Waals surface area contributed by atoms with Crippen molar-refractivity contribution in [1.29, 1.82) is 5.26 Å². The molecule has 134 valence electrons. The Balaban J connectivity index is 2.01. The molecule has 1 aliphatic rings. The number of carbonyl (C=O) groups excluding carboxylic acids is 1. The molecule has 26 heavy (non-hydrogen) atoms. The van der Waals surface area contributed by atoms with E-state index < -0.39 is 5.41 Å². The number of anilines is 2. The Hall–Kier alpha value is -3.14. The van der Waals surface area contributed by atoms with Crippen LogP contribution < -0.4 is 15.4 Å². The summed E-state index contributed by atoms with van der Waals surface area (Å²) < 4.78 is 5.44. The third-order valence-electron chi connectivity index (χ3n) is 4.80. The second-order valence-corrected chi connectivity index (χ2v) is 6.30. The quantitative estimate of drug-likeness (QED) is 0.859. The highest BCUT2D eigenvalue weighted by atomic mass is 16.5. The van der Waals surface area contributed by atoms with Gasteiger partial charge < -0.3 is 15.4 Å². The van der Waals surface area contributed by atoms with Gasteiger partial charge in [-0.3, -0.25) is 4.79 Å². The van der Waals surface area contributed by atoms with Crippen molar-refractivity contribution < 1.29 is 9.53 Å². The molecule has 1 aliphatic carbocycles. The van der Waals surface area contributed by atoms with Gasteiger partial charge in [0, 0.05) is 12.7 Å². The molecular formula is C19H21N5O2. The van der Waals surface area contributed by atoms with Gasteiger partial charge in [-0.25, -0.2) is 9.97 Å². The zero-order chi connectivity index (χ0) is 18.6. The molecule has 0 atom stereocenters. The molecule has 0 bridgehead atoms. The van der Waals surface area contributed by atoms with Crippen molar-refractivity contribution in [1.82, 2.24) is 15.3 Å². The lowest BCUT2D eigenvalue weighted by molar-refractivity contribution is -0.126. The van der Waals surface area contributed by atoms with Crippen molar-refractivity contribution in [2.45, 2.75) is 31.1 Å². The predicted molar refractivity (Wildman–Crippen MR) is 97.2 cm³/mol. The first-order chi connectivity index (χ1) is 12.6.